The topological polar surface area (TPSA) is 109 Å². The van der Waals surface area contributed by atoms with Crippen LogP contribution in [0.5, 0.6) is 0 Å². The Kier molecular flexibility index (Phi) is 7.95. The molecule has 1 saturated carbocycles. The van der Waals surface area contributed by atoms with Crippen molar-refractivity contribution in [2.45, 2.75) is 64.7 Å². The number of rotatable bonds is 9. The third-order valence-corrected chi connectivity index (χ3v) is 6.85. The van der Waals surface area contributed by atoms with E-state index in [4.69, 9.17) is 14.5 Å². The van der Waals surface area contributed by atoms with E-state index < -0.39 is 22.8 Å². The van der Waals surface area contributed by atoms with Gasteiger partial charge < -0.3 is 9.47 Å². The lowest BCUT2D eigenvalue weighted by atomic mass is 9.94. The standard InChI is InChI=1S/C23H28N2O6S/c1-4-18-24-20(14-9-7-8-10-14)21(32-18)15-11-12-16(17(13-15)25(28)29)19(22(26)30-5-2)23(27)31-6-3/h11-14,19H,4-10H2,1-3H3. The summed E-state index contributed by atoms with van der Waals surface area (Å²) < 4.78 is 10.0. The number of aromatic nitrogens is 1. The van der Waals surface area contributed by atoms with E-state index in [0.717, 1.165) is 47.7 Å². The van der Waals surface area contributed by atoms with Gasteiger partial charge in [-0.2, -0.15) is 0 Å². The summed E-state index contributed by atoms with van der Waals surface area (Å²) in [7, 11) is 0. The fourth-order valence-corrected chi connectivity index (χ4v) is 5.19. The summed E-state index contributed by atoms with van der Waals surface area (Å²) in [6.45, 7) is 5.35. The Bertz CT molecular complexity index is 978. The second-order valence-corrected chi connectivity index (χ2v) is 8.71. The van der Waals surface area contributed by atoms with E-state index in [9.17, 15) is 19.7 Å². The molecule has 9 heteroatoms. The van der Waals surface area contributed by atoms with Gasteiger partial charge in [-0.25, -0.2) is 4.98 Å². The fraction of sp³-hybridized carbons (Fsp3) is 0.522. The second-order valence-electron chi connectivity index (χ2n) is 7.62. The van der Waals surface area contributed by atoms with Gasteiger partial charge >= 0.3 is 11.9 Å². The predicted molar refractivity (Wildman–Crippen MR) is 121 cm³/mol. The van der Waals surface area contributed by atoms with Crippen molar-refractivity contribution in [3.8, 4) is 10.4 Å². The van der Waals surface area contributed by atoms with Crippen LogP contribution >= 0.6 is 11.3 Å². The van der Waals surface area contributed by atoms with Gasteiger partial charge in [-0.1, -0.05) is 31.9 Å². The van der Waals surface area contributed by atoms with Crippen LogP contribution < -0.4 is 0 Å². The minimum atomic E-state index is -1.51. The molecular formula is C23H28N2O6S. The molecule has 0 atom stereocenters. The van der Waals surface area contributed by atoms with Crippen molar-refractivity contribution in [1.82, 2.24) is 4.98 Å². The smallest absolute Gasteiger partial charge is 0.325 e. The Balaban J connectivity index is 2.10. The Morgan fingerprint density at radius 3 is 2.31 bits per heavy atom. The SMILES string of the molecule is CCOC(=O)C(C(=O)OCC)c1ccc(-c2sc(CC)nc2C2CCCC2)cc1[N+](=O)[O-]. The second kappa shape index (κ2) is 10.7. The first-order chi connectivity index (χ1) is 15.4. The first kappa shape index (κ1) is 23.8. The van der Waals surface area contributed by atoms with Gasteiger partial charge in [-0.3, -0.25) is 19.7 Å². The van der Waals surface area contributed by atoms with Crippen LogP contribution in [0.15, 0.2) is 18.2 Å². The van der Waals surface area contributed by atoms with Crippen LogP contribution in [0.2, 0.25) is 0 Å². The molecule has 1 aromatic heterocycles. The zero-order chi connectivity index (χ0) is 23.3. The Morgan fingerprint density at radius 2 is 1.78 bits per heavy atom. The van der Waals surface area contributed by atoms with Gasteiger partial charge in [0.1, 0.15) is 0 Å². The minimum Gasteiger partial charge on any atom is -0.465 e. The molecule has 0 bridgehead atoms. The monoisotopic (exact) mass is 460 g/mol. The van der Waals surface area contributed by atoms with Crippen molar-refractivity contribution in [3.05, 3.63) is 44.6 Å². The lowest BCUT2D eigenvalue weighted by Crippen LogP contribution is -2.27. The molecule has 0 saturated heterocycles. The molecule has 1 aromatic carbocycles. The molecule has 0 N–H and O–H groups in total. The van der Waals surface area contributed by atoms with E-state index in [1.165, 1.54) is 12.1 Å². The summed E-state index contributed by atoms with van der Waals surface area (Å²) in [5.74, 6) is -2.88. The van der Waals surface area contributed by atoms with Crippen molar-refractivity contribution in [2.24, 2.45) is 0 Å². The average molecular weight is 461 g/mol. The normalized spacial score (nSPS) is 14.0. The number of nitrogens with zero attached hydrogens (tertiary/aromatic N) is 2. The Morgan fingerprint density at radius 1 is 1.16 bits per heavy atom. The summed E-state index contributed by atoms with van der Waals surface area (Å²) in [4.78, 5) is 42.2. The van der Waals surface area contributed by atoms with Crippen LogP contribution in [0, 0.1) is 10.1 Å². The molecule has 3 rings (SSSR count). The average Bonchev–Trinajstić information content (AvgIpc) is 3.44. The van der Waals surface area contributed by atoms with E-state index in [2.05, 4.69) is 0 Å². The molecule has 172 valence electrons. The molecule has 1 aliphatic carbocycles. The first-order valence-electron chi connectivity index (χ1n) is 11.0. The lowest BCUT2D eigenvalue weighted by molar-refractivity contribution is -0.385. The maximum Gasteiger partial charge on any atom is 0.325 e. The highest BCUT2D eigenvalue weighted by Crippen LogP contribution is 2.43. The van der Waals surface area contributed by atoms with E-state index in [1.54, 1.807) is 31.3 Å². The number of esters is 2. The van der Waals surface area contributed by atoms with Crippen molar-refractivity contribution in [1.29, 1.82) is 0 Å². The van der Waals surface area contributed by atoms with E-state index >= 15 is 0 Å². The molecule has 1 fully saturated rings. The number of hydrogen-bond acceptors (Lipinski definition) is 8. The fourth-order valence-electron chi connectivity index (χ4n) is 4.10. The van der Waals surface area contributed by atoms with Crippen LogP contribution in [-0.2, 0) is 25.5 Å². The van der Waals surface area contributed by atoms with Crippen molar-refractivity contribution < 1.29 is 24.0 Å². The van der Waals surface area contributed by atoms with E-state index in [1.807, 2.05) is 6.92 Å². The van der Waals surface area contributed by atoms with E-state index in [0.29, 0.717) is 11.5 Å². The van der Waals surface area contributed by atoms with Gasteiger partial charge in [-0.05, 0) is 33.1 Å². The van der Waals surface area contributed by atoms with Gasteiger partial charge in [0.25, 0.3) is 5.69 Å². The molecular weight excluding hydrogens is 432 g/mol. The van der Waals surface area contributed by atoms with Crippen molar-refractivity contribution in [3.63, 3.8) is 0 Å². The highest BCUT2D eigenvalue weighted by atomic mass is 32.1. The zero-order valence-corrected chi connectivity index (χ0v) is 19.4. The van der Waals surface area contributed by atoms with Crippen molar-refractivity contribution >= 4 is 29.0 Å². The third kappa shape index (κ3) is 4.98. The van der Waals surface area contributed by atoms with Gasteiger partial charge in [0.2, 0.25) is 0 Å². The highest BCUT2D eigenvalue weighted by Gasteiger charge is 2.37. The van der Waals surface area contributed by atoms with Crippen LogP contribution in [0.1, 0.15) is 74.6 Å². The summed E-state index contributed by atoms with van der Waals surface area (Å²) in [5.41, 5.74) is 1.33. The number of carbonyl (C=O) groups is 2. The number of ether oxygens (including phenoxy) is 2. The van der Waals surface area contributed by atoms with Crippen molar-refractivity contribution in [2.75, 3.05) is 13.2 Å². The molecule has 0 radical (unpaired) electrons. The van der Waals surface area contributed by atoms with Gasteiger partial charge in [0.15, 0.2) is 5.92 Å². The number of thiazole rings is 1. The maximum atomic E-state index is 12.5. The van der Waals surface area contributed by atoms with Crippen LogP contribution in [-0.4, -0.2) is 35.1 Å². The number of carbonyl (C=O) groups excluding carboxylic acids is 2. The third-order valence-electron chi connectivity index (χ3n) is 5.59. The van der Waals surface area contributed by atoms with Gasteiger partial charge in [0.05, 0.1) is 39.3 Å². The number of hydrogen-bond donors (Lipinski definition) is 0. The van der Waals surface area contributed by atoms with Crippen LogP contribution in [0.4, 0.5) is 5.69 Å². The Labute approximate surface area is 191 Å². The maximum absolute atomic E-state index is 12.5. The molecule has 1 aliphatic rings. The summed E-state index contributed by atoms with van der Waals surface area (Å²) >= 11 is 1.55. The molecule has 1 heterocycles. The number of nitro benzene ring substituents is 1. The number of benzene rings is 1. The first-order valence-corrected chi connectivity index (χ1v) is 11.8. The quantitative estimate of drug-likeness (QED) is 0.220. The molecule has 0 spiro atoms. The van der Waals surface area contributed by atoms with Crippen LogP contribution in [0.25, 0.3) is 10.4 Å². The molecule has 2 aromatic rings. The van der Waals surface area contributed by atoms with E-state index in [-0.39, 0.29) is 24.5 Å². The van der Waals surface area contributed by atoms with Crippen LogP contribution in [0.3, 0.4) is 0 Å². The summed E-state index contributed by atoms with van der Waals surface area (Å²) in [6, 6.07) is 4.63. The molecule has 8 nitrogen and oxygen atoms in total. The number of aryl methyl sites for hydroxylation is 1. The molecule has 0 amide bonds. The lowest BCUT2D eigenvalue weighted by Gasteiger charge is -2.16. The molecule has 0 unspecified atom stereocenters. The predicted octanol–water partition coefficient (Wildman–Crippen LogP) is 5.15. The highest BCUT2D eigenvalue weighted by molar-refractivity contribution is 7.15. The largest absolute Gasteiger partial charge is 0.465 e. The molecule has 0 aliphatic heterocycles. The van der Waals surface area contributed by atoms with Gasteiger partial charge in [0, 0.05) is 17.5 Å². The zero-order valence-electron chi connectivity index (χ0n) is 18.6. The summed E-state index contributed by atoms with van der Waals surface area (Å²) in [6.07, 6.45) is 5.23. The van der Waals surface area contributed by atoms with Gasteiger partial charge in [-0.15, -0.1) is 11.3 Å². The minimum absolute atomic E-state index is 0.0294. The molecule has 32 heavy (non-hydrogen) atoms. The summed E-state index contributed by atoms with van der Waals surface area (Å²) in [5, 5.41) is 13.0. The Hall–Kier alpha value is -2.81. The number of nitro groups is 1.